The Balaban J connectivity index is 1.66. The second-order valence-electron chi connectivity index (χ2n) is 7.26. The molecule has 2 amide bonds. The maximum absolute atomic E-state index is 13.4. The fourth-order valence-electron chi connectivity index (χ4n) is 4.42. The first kappa shape index (κ1) is 17.8. The van der Waals surface area contributed by atoms with Crippen molar-refractivity contribution in [3.05, 3.63) is 47.2 Å². The minimum atomic E-state index is -0.884. The van der Waals surface area contributed by atoms with Crippen LogP contribution in [-0.4, -0.2) is 35.9 Å². The van der Waals surface area contributed by atoms with E-state index in [9.17, 15) is 14.4 Å². The second-order valence-corrected chi connectivity index (χ2v) is 7.26. The summed E-state index contributed by atoms with van der Waals surface area (Å²) in [6.07, 6.45) is 2.53. The molecule has 0 N–H and O–H groups in total. The molecule has 1 aliphatic carbocycles. The first-order valence-corrected chi connectivity index (χ1v) is 9.58. The Kier molecular flexibility index (Phi) is 4.72. The van der Waals surface area contributed by atoms with Gasteiger partial charge in [0.1, 0.15) is 18.6 Å². The number of imide groups is 1. The number of hydrogen-bond acceptors (Lipinski definition) is 5. The molecule has 1 fully saturated rings. The Morgan fingerprint density at radius 3 is 2.70 bits per heavy atom. The van der Waals surface area contributed by atoms with E-state index in [2.05, 4.69) is 0 Å². The van der Waals surface area contributed by atoms with Gasteiger partial charge < -0.3 is 9.47 Å². The third kappa shape index (κ3) is 2.93. The molecule has 0 bridgehead atoms. The summed E-state index contributed by atoms with van der Waals surface area (Å²) in [5.41, 5.74) is 1.78. The molecule has 27 heavy (non-hydrogen) atoms. The first-order chi connectivity index (χ1) is 13.1. The largest absolute Gasteiger partial charge is 0.490 e. The van der Waals surface area contributed by atoms with E-state index in [-0.39, 0.29) is 18.3 Å². The van der Waals surface area contributed by atoms with Crippen LogP contribution in [0, 0.1) is 11.8 Å². The zero-order valence-corrected chi connectivity index (χ0v) is 15.3. The Morgan fingerprint density at radius 1 is 1.19 bits per heavy atom. The molecule has 1 aromatic rings. The lowest BCUT2D eigenvalue weighted by Crippen LogP contribution is -2.43. The molecule has 6 heteroatoms. The number of cyclic esters (lactones) is 1. The third-order valence-electron chi connectivity index (χ3n) is 5.65. The topological polar surface area (TPSA) is 72.9 Å². The molecular weight excluding hydrogens is 346 g/mol. The number of hydrogen-bond donors (Lipinski definition) is 0. The summed E-state index contributed by atoms with van der Waals surface area (Å²) in [7, 11) is 0. The van der Waals surface area contributed by atoms with Crippen LogP contribution in [-0.2, 0) is 19.1 Å². The van der Waals surface area contributed by atoms with Crippen LogP contribution in [0.15, 0.2) is 41.7 Å². The molecule has 6 nitrogen and oxygen atoms in total. The Hall–Kier alpha value is -2.63. The molecule has 0 radical (unpaired) electrons. The molecule has 1 saturated heterocycles. The van der Waals surface area contributed by atoms with Gasteiger partial charge in [-0.15, -0.1) is 0 Å². The number of carbonyl (C=O) groups excluding carboxylic acids is 3. The van der Waals surface area contributed by atoms with Gasteiger partial charge in [0.05, 0.1) is 6.61 Å². The summed E-state index contributed by atoms with van der Waals surface area (Å²) in [5, 5.41) is 0. The van der Waals surface area contributed by atoms with Crippen LogP contribution in [0.25, 0.3) is 0 Å². The lowest BCUT2D eigenvalue weighted by atomic mass is 9.84. The zero-order chi connectivity index (χ0) is 19.0. The van der Waals surface area contributed by atoms with Crippen LogP contribution in [0.2, 0.25) is 0 Å². The van der Waals surface area contributed by atoms with Crippen LogP contribution in [0.1, 0.15) is 44.2 Å². The monoisotopic (exact) mass is 369 g/mol. The number of carbonyl (C=O) groups is 3. The summed E-state index contributed by atoms with van der Waals surface area (Å²) >= 11 is 0. The van der Waals surface area contributed by atoms with Gasteiger partial charge in [0.15, 0.2) is 5.76 Å². The van der Waals surface area contributed by atoms with Gasteiger partial charge in [-0.05, 0) is 30.4 Å². The molecule has 3 aliphatic rings. The predicted molar refractivity (Wildman–Crippen MR) is 96.5 cm³/mol. The number of rotatable bonds is 4. The molecule has 142 valence electrons. The molecule has 0 unspecified atom stereocenters. The highest BCUT2D eigenvalue weighted by Gasteiger charge is 2.52. The summed E-state index contributed by atoms with van der Waals surface area (Å²) in [4.78, 5) is 39.9. The molecule has 4 rings (SSSR count). The van der Waals surface area contributed by atoms with Crippen LogP contribution in [0.4, 0.5) is 4.79 Å². The van der Waals surface area contributed by atoms with Gasteiger partial charge in [-0.25, -0.2) is 9.69 Å². The van der Waals surface area contributed by atoms with Gasteiger partial charge in [0.2, 0.25) is 11.7 Å². The van der Waals surface area contributed by atoms with Crippen LogP contribution in [0.5, 0.6) is 0 Å². The van der Waals surface area contributed by atoms with Gasteiger partial charge in [0, 0.05) is 5.92 Å². The molecular formula is C21H23NO5. The van der Waals surface area contributed by atoms with Gasteiger partial charge >= 0.3 is 6.09 Å². The summed E-state index contributed by atoms with van der Waals surface area (Å²) in [6, 6.07) is 8.81. The highest BCUT2D eigenvalue weighted by molar-refractivity contribution is 6.14. The van der Waals surface area contributed by atoms with Crippen LogP contribution in [0.3, 0.4) is 0 Å². The molecule has 3 atom stereocenters. The minimum Gasteiger partial charge on any atom is -0.490 e. The highest BCUT2D eigenvalue weighted by Crippen LogP contribution is 2.44. The van der Waals surface area contributed by atoms with E-state index in [4.69, 9.17) is 9.47 Å². The van der Waals surface area contributed by atoms with Crippen molar-refractivity contribution in [2.24, 2.45) is 11.8 Å². The maximum atomic E-state index is 13.4. The smallest absolute Gasteiger partial charge is 0.417 e. The van der Waals surface area contributed by atoms with Crippen molar-refractivity contribution < 1.29 is 23.9 Å². The second kappa shape index (κ2) is 7.18. The Bertz CT molecular complexity index is 800. The van der Waals surface area contributed by atoms with E-state index in [1.807, 2.05) is 37.3 Å². The fraction of sp³-hybridized carbons (Fsp3) is 0.476. The van der Waals surface area contributed by atoms with Crippen molar-refractivity contribution in [2.45, 2.75) is 38.6 Å². The average Bonchev–Trinajstić information content (AvgIpc) is 3.21. The van der Waals surface area contributed by atoms with E-state index < -0.39 is 24.0 Å². The maximum Gasteiger partial charge on any atom is 0.417 e. The minimum absolute atomic E-state index is 0.109. The first-order valence-electron chi connectivity index (χ1n) is 9.58. The number of benzene rings is 1. The number of ketones is 1. The van der Waals surface area contributed by atoms with Crippen molar-refractivity contribution >= 4 is 17.8 Å². The van der Waals surface area contributed by atoms with E-state index in [1.54, 1.807) is 0 Å². The summed E-state index contributed by atoms with van der Waals surface area (Å²) < 4.78 is 10.8. The van der Waals surface area contributed by atoms with Gasteiger partial charge in [-0.3, -0.25) is 9.59 Å². The summed E-state index contributed by atoms with van der Waals surface area (Å²) in [6.45, 7) is 2.64. The number of ether oxygens (including phenoxy) is 2. The third-order valence-corrected chi connectivity index (χ3v) is 5.65. The van der Waals surface area contributed by atoms with Crippen molar-refractivity contribution in [3.63, 3.8) is 0 Å². The van der Waals surface area contributed by atoms with Crippen LogP contribution >= 0.6 is 0 Å². The molecule has 0 saturated carbocycles. The highest BCUT2D eigenvalue weighted by atomic mass is 16.6. The normalized spacial score (nSPS) is 27.4. The lowest BCUT2D eigenvalue weighted by Gasteiger charge is -2.26. The van der Waals surface area contributed by atoms with Gasteiger partial charge in [-0.2, -0.15) is 0 Å². The number of nitrogens with zero attached hydrogens (tertiary/aromatic N) is 1. The standard InChI is InChI=1S/C21H23NO5/c1-2-7-14-15-10-6-11-26-19(15)18(23)17(14)20(24)22-16(12-27-21(22)25)13-8-4-3-5-9-13/h3-5,8-9,14,16-17H,2,6-7,10-12H2,1H3/t14-,16-,17+/m1/s1. The van der Waals surface area contributed by atoms with Crippen molar-refractivity contribution in [3.8, 4) is 0 Å². The van der Waals surface area contributed by atoms with E-state index >= 15 is 0 Å². The quantitative estimate of drug-likeness (QED) is 0.761. The molecule has 2 heterocycles. The fourth-order valence-corrected chi connectivity index (χ4v) is 4.42. The molecule has 0 spiro atoms. The number of allylic oxidation sites excluding steroid dienone is 2. The average molecular weight is 369 g/mol. The van der Waals surface area contributed by atoms with Gasteiger partial charge in [0.25, 0.3) is 0 Å². The number of Topliss-reactive ketones (excluding diaryl/α,β-unsaturated/α-hetero) is 1. The van der Waals surface area contributed by atoms with E-state index in [1.165, 1.54) is 0 Å². The van der Waals surface area contributed by atoms with Crippen molar-refractivity contribution in [1.29, 1.82) is 0 Å². The molecule has 1 aromatic carbocycles. The SMILES string of the molecule is CCC[C@@H]1C2=C(OCCC2)C(=O)[C@H]1C(=O)N1C(=O)OC[C@@H]1c1ccccc1. The Labute approximate surface area is 158 Å². The van der Waals surface area contributed by atoms with Crippen LogP contribution < -0.4 is 0 Å². The summed E-state index contributed by atoms with van der Waals surface area (Å²) in [5.74, 6) is -1.45. The van der Waals surface area contributed by atoms with Gasteiger partial charge in [-0.1, -0.05) is 43.7 Å². The van der Waals surface area contributed by atoms with E-state index in [0.29, 0.717) is 12.4 Å². The van der Waals surface area contributed by atoms with Crippen molar-refractivity contribution in [2.75, 3.05) is 13.2 Å². The Morgan fingerprint density at radius 2 is 1.96 bits per heavy atom. The van der Waals surface area contributed by atoms with E-state index in [0.717, 1.165) is 41.7 Å². The zero-order valence-electron chi connectivity index (χ0n) is 15.3. The molecule has 0 aromatic heterocycles. The number of amides is 2. The molecule has 2 aliphatic heterocycles. The lowest BCUT2D eigenvalue weighted by molar-refractivity contribution is -0.140. The van der Waals surface area contributed by atoms with Crippen molar-refractivity contribution in [1.82, 2.24) is 4.90 Å². The predicted octanol–water partition coefficient (Wildman–Crippen LogP) is 3.39.